The van der Waals surface area contributed by atoms with Gasteiger partial charge in [0, 0.05) is 22.3 Å². The molecule has 0 spiro atoms. The molecule has 0 unspecified atom stereocenters. The number of nitrogens with one attached hydrogen (secondary N) is 3. The monoisotopic (exact) mass is 429 g/mol. The summed E-state index contributed by atoms with van der Waals surface area (Å²) in [6, 6.07) is 14.6. The smallest absolute Gasteiger partial charge is 0.291 e. The van der Waals surface area contributed by atoms with Gasteiger partial charge in [0.15, 0.2) is 10.9 Å². The summed E-state index contributed by atoms with van der Waals surface area (Å²) in [6.45, 7) is 0. The molecule has 0 radical (unpaired) electrons. The Morgan fingerprint density at radius 3 is 2.45 bits per heavy atom. The zero-order valence-corrected chi connectivity index (χ0v) is 16.8. The summed E-state index contributed by atoms with van der Waals surface area (Å²) in [5.74, 6) is -0.185. The van der Waals surface area contributed by atoms with Gasteiger partial charge in [-0.25, -0.2) is 0 Å². The molecule has 0 aliphatic carbocycles. The third-order valence-electron chi connectivity index (χ3n) is 3.79. The van der Waals surface area contributed by atoms with Crippen LogP contribution in [0.25, 0.3) is 0 Å². The Bertz CT molecular complexity index is 1040. The topological polar surface area (TPSA) is 92.6 Å². The van der Waals surface area contributed by atoms with Crippen LogP contribution in [0.4, 0.5) is 11.4 Å². The minimum atomic E-state index is -0.403. The summed E-state index contributed by atoms with van der Waals surface area (Å²) in [7, 11) is 1.47. The summed E-state index contributed by atoms with van der Waals surface area (Å²) in [5.41, 5.74) is 1.45. The maximum Gasteiger partial charge on any atom is 0.291 e. The highest BCUT2D eigenvalue weighted by Gasteiger charge is 2.13. The van der Waals surface area contributed by atoms with Crippen molar-refractivity contribution in [3.8, 4) is 5.75 Å². The number of rotatable bonds is 5. The third-order valence-corrected chi connectivity index (χ3v) is 4.24. The maximum atomic E-state index is 12.2. The van der Waals surface area contributed by atoms with Gasteiger partial charge in [-0.15, -0.1) is 0 Å². The highest BCUT2D eigenvalue weighted by atomic mass is 35.5. The molecular formula is C20H16ClN3O4S. The van der Waals surface area contributed by atoms with Gasteiger partial charge in [-0.3, -0.25) is 14.9 Å². The van der Waals surface area contributed by atoms with E-state index < -0.39 is 5.91 Å². The number of hydrogen-bond acceptors (Lipinski definition) is 5. The number of carbonyl (C=O) groups is 2. The lowest BCUT2D eigenvalue weighted by Gasteiger charge is -2.13. The van der Waals surface area contributed by atoms with Crippen molar-refractivity contribution in [2.45, 2.75) is 0 Å². The van der Waals surface area contributed by atoms with E-state index >= 15 is 0 Å². The number of carbonyl (C=O) groups excluding carboxylic acids is 2. The van der Waals surface area contributed by atoms with Gasteiger partial charge in [0.2, 0.25) is 0 Å². The van der Waals surface area contributed by atoms with Gasteiger partial charge in [-0.2, -0.15) is 0 Å². The summed E-state index contributed by atoms with van der Waals surface area (Å²) < 4.78 is 10.4. The van der Waals surface area contributed by atoms with E-state index in [1.807, 2.05) is 0 Å². The molecule has 0 saturated heterocycles. The fourth-order valence-corrected chi connectivity index (χ4v) is 2.74. The molecule has 148 valence electrons. The van der Waals surface area contributed by atoms with Crippen molar-refractivity contribution in [1.29, 1.82) is 0 Å². The first kappa shape index (κ1) is 20.4. The Morgan fingerprint density at radius 2 is 1.79 bits per heavy atom. The maximum absolute atomic E-state index is 12.2. The van der Waals surface area contributed by atoms with Gasteiger partial charge in [0.05, 0.1) is 19.1 Å². The standard InChI is InChI=1S/C20H16ClN3O4S/c1-27-17-11-14(8-9-15(17)23-19(26)16-3-2-10-28-16)22-20(29)24-18(25)12-4-6-13(21)7-5-12/h2-11H,1H3,(H,23,26)(H2,22,24,25,29). The number of ether oxygens (including phenoxy) is 1. The molecule has 3 rings (SSSR count). The van der Waals surface area contributed by atoms with Crippen LogP contribution in [0.15, 0.2) is 65.3 Å². The van der Waals surface area contributed by atoms with E-state index in [2.05, 4.69) is 16.0 Å². The normalized spacial score (nSPS) is 10.1. The lowest BCUT2D eigenvalue weighted by Crippen LogP contribution is -2.34. The lowest BCUT2D eigenvalue weighted by atomic mass is 10.2. The number of hydrogen-bond donors (Lipinski definition) is 3. The van der Waals surface area contributed by atoms with Crippen LogP contribution in [-0.2, 0) is 0 Å². The van der Waals surface area contributed by atoms with Crippen LogP contribution < -0.4 is 20.7 Å². The minimum Gasteiger partial charge on any atom is -0.494 e. The molecule has 1 aromatic heterocycles. The Balaban J connectivity index is 1.64. The molecule has 0 aliphatic rings. The lowest BCUT2D eigenvalue weighted by molar-refractivity contribution is 0.0975. The van der Waals surface area contributed by atoms with Crippen molar-refractivity contribution >= 4 is 52.1 Å². The van der Waals surface area contributed by atoms with Crippen molar-refractivity contribution in [2.24, 2.45) is 0 Å². The van der Waals surface area contributed by atoms with Crippen molar-refractivity contribution in [3.63, 3.8) is 0 Å². The van der Waals surface area contributed by atoms with Gasteiger partial charge < -0.3 is 19.8 Å². The minimum absolute atomic E-state index is 0.111. The zero-order valence-electron chi connectivity index (χ0n) is 15.2. The predicted molar refractivity (Wildman–Crippen MR) is 115 cm³/mol. The molecular weight excluding hydrogens is 414 g/mol. The van der Waals surface area contributed by atoms with E-state index in [1.165, 1.54) is 13.4 Å². The summed E-state index contributed by atoms with van der Waals surface area (Å²) in [6.07, 6.45) is 1.42. The molecule has 3 N–H and O–H groups in total. The Morgan fingerprint density at radius 1 is 1.03 bits per heavy atom. The molecule has 2 aromatic carbocycles. The van der Waals surface area contributed by atoms with Crippen molar-refractivity contribution in [2.75, 3.05) is 17.7 Å². The molecule has 2 amide bonds. The van der Waals surface area contributed by atoms with Crippen molar-refractivity contribution in [3.05, 3.63) is 77.2 Å². The number of amides is 2. The molecule has 0 saturated carbocycles. The summed E-state index contributed by atoms with van der Waals surface area (Å²) in [4.78, 5) is 24.3. The van der Waals surface area contributed by atoms with E-state index in [1.54, 1.807) is 54.6 Å². The molecule has 0 atom stereocenters. The van der Waals surface area contributed by atoms with Gasteiger partial charge in [-0.1, -0.05) is 11.6 Å². The fraction of sp³-hybridized carbons (Fsp3) is 0.0500. The average molecular weight is 430 g/mol. The largest absolute Gasteiger partial charge is 0.494 e. The van der Waals surface area contributed by atoms with E-state index in [0.29, 0.717) is 27.7 Å². The second-order valence-corrected chi connectivity index (χ2v) is 6.61. The zero-order chi connectivity index (χ0) is 20.8. The number of thiocarbonyl (C=S) groups is 1. The van der Waals surface area contributed by atoms with Crippen molar-refractivity contribution < 1.29 is 18.7 Å². The highest BCUT2D eigenvalue weighted by molar-refractivity contribution is 7.80. The number of methoxy groups -OCH3 is 1. The Kier molecular flexibility index (Phi) is 6.48. The van der Waals surface area contributed by atoms with Crippen LogP contribution in [0.5, 0.6) is 5.75 Å². The molecule has 7 nitrogen and oxygen atoms in total. The Hall–Kier alpha value is -3.36. The predicted octanol–water partition coefficient (Wildman–Crippen LogP) is 4.32. The van der Waals surface area contributed by atoms with Crippen LogP contribution in [0.3, 0.4) is 0 Å². The first-order chi connectivity index (χ1) is 14.0. The van der Waals surface area contributed by atoms with Gasteiger partial charge in [-0.05, 0) is 60.7 Å². The quantitative estimate of drug-likeness (QED) is 0.523. The van der Waals surface area contributed by atoms with Crippen LogP contribution >= 0.6 is 23.8 Å². The molecule has 9 heteroatoms. The molecule has 0 fully saturated rings. The van der Waals surface area contributed by atoms with E-state index in [0.717, 1.165) is 0 Å². The molecule has 0 aliphatic heterocycles. The first-order valence-corrected chi connectivity index (χ1v) is 9.15. The second-order valence-electron chi connectivity index (χ2n) is 5.76. The van der Waals surface area contributed by atoms with Crippen LogP contribution in [0.1, 0.15) is 20.9 Å². The molecule has 0 bridgehead atoms. The van der Waals surface area contributed by atoms with Gasteiger partial charge in [0.25, 0.3) is 11.8 Å². The van der Waals surface area contributed by atoms with E-state index in [4.69, 9.17) is 33.0 Å². The summed E-state index contributed by atoms with van der Waals surface area (Å²) in [5, 5.41) is 8.83. The number of halogens is 1. The average Bonchev–Trinajstić information content (AvgIpc) is 3.24. The van der Waals surface area contributed by atoms with E-state index in [-0.39, 0.29) is 16.8 Å². The third kappa shape index (κ3) is 5.34. The molecule has 3 aromatic rings. The van der Waals surface area contributed by atoms with E-state index in [9.17, 15) is 9.59 Å². The molecule has 29 heavy (non-hydrogen) atoms. The highest BCUT2D eigenvalue weighted by Crippen LogP contribution is 2.28. The number of anilines is 2. The van der Waals surface area contributed by atoms with Crippen LogP contribution in [0.2, 0.25) is 5.02 Å². The Labute approximate surface area is 177 Å². The number of furan rings is 1. The SMILES string of the molecule is COc1cc(NC(=S)NC(=O)c2ccc(Cl)cc2)ccc1NC(=O)c1ccco1. The van der Waals surface area contributed by atoms with Gasteiger partial charge >= 0.3 is 0 Å². The van der Waals surface area contributed by atoms with Crippen LogP contribution in [-0.4, -0.2) is 24.0 Å². The number of benzene rings is 2. The summed E-state index contributed by atoms with van der Waals surface area (Å²) >= 11 is 11.0. The second kappa shape index (κ2) is 9.22. The molecule has 1 heterocycles. The fourth-order valence-electron chi connectivity index (χ4n) is 2.40. The van der Waals surface area contributed by atoms with Crippen molar-refractivity contribution in [1.82, 2.24) is 5.32 Å². The first-order valence-electron chi connectivity index (χ1n) is 8.37. The van der Waals surface area contributed by atoms with Gasteiger partial charge in [0.1, 0.15) is 5.75 Å². The van der Waals surface area contributed by atoms with Crippen LogP contribution in [0, 0.1) is 0 Å².